The van der Waals surface area contributed by atoms with Crippen LogP contribution in [0.25, 0.3) is 10.2 Å². The van der Waals surface area contributed by atoms with E-state index in [9.17, 15) is 9.59 Å². The highest BCUT2D eigenvalue weighted by atomic mass is 32.1. The molecule has 0 spiro atoms. The Hall–Kier alpha value is -2.73. The summed E-state index contributed by atoms with van der Waals surface area (Å²) in [5.41, 5.74) is 1.89. The Labute approximate surface area is 162 Å². The number of piperidine rings is 1. The zero-order valence-corrected chi connectivity index (χ0v) is 15.7. The molecule has 4 rings (SSSR count). The van der Waals surface area contributed by atoms with E-state index in [-0.39, 0.29) is 17.7 Å². The third-order valence-electron chi connectivity index (χ3n) is 4.87. The van der Waals surface area contributed by atoms with Gasteiger partial charge in [-0.2, -0.15) is 0 Å². The van der Waals surface area contributed by atoms with Gasteiger partial charge in [0.05, 0.1) is 22.6 Å². The number of nitrogens with zero attached hydrogens (tertiary/aromatic N) is 2. The molecule has 1 fully saturated rings. The topological polar surface area (TPSA) is 62.3 Å². The van der Waals surface area contributed by atoms with Gasteiger partial charge in [0, 0.05) is 13.1 Å². The lowest BCUT2D eigenvalue weighted by Gasteiger charge is -2.32. The Bertz CT molecular complexity index is 921. The fourth-order valence-corrected chi connectivity index (χ4v) is 4.30. The summed E-state index contributed by atoms with van der Waals surface area (Å²) < 4.78 is 1.05. The van der Waals surface area contributed by atoms with Crippen LogP contribution in [0, 0.1) is 5.92 Å². The Kier molecular flexibility index (Phi) is 5.16. The van der Waals surface area contributed by atoms with E-state index >= 15 is 0 Å². The number of anilines is 1. The summed E-state index contributed by atoms with van der Waals surface area (Å²) in [7, 11) is 0. The number of aromatic nitrogens is 1. The molecular formula is C21H21N3O2S. The third-order valence-corrected chi connectivity index (χ3v) is 5.82. The monoisotopic (exact) mass is 379 g/mol. The number of thiazole rings is 1. The average Bonchev–Trinajstić information content (AvgIpc) is 3.11. The second-order valence-electron chi connectivity index (χ2n) is 6.82. The van der Waals surface area contributed by atoms with Gasteiger partial charge in [-0.1, -0.05) is 53.8 Å². The van der Waals surface area contributed by atoms with Crippen molar-refractivity contribution in [3.8, 4) is 0 Å². The first-order valence-electron chi connectivity index (χ1n) is 9.17. The zero-order valence-electron chi connectivity index (χ0n) is 14.9. The zero-order chi connectivity index (χ0) is 18.6. The summed E-state index contributed by atoms with van der Waals surface area (Å²) in [6, 6.07) is 17.6. The lowest BCUT2D eigenvalue weighted by Crippen LogP contribution is -2.44. The molecule has 1 atom stereocenters. The predicted molar refractivity (Wildman–Crippen MR) is 108 cm³/mol. The van der Waals surface area contributed by atoms with Gasteiger partial charge in [0.2, 0.25) is 11.8 Å². The molecule has 1 saturated heterocycles. The number of hydrogen-bond acceptors (Lipinski definition) is 4. The Balaban J connectivity index is 1.38. The van der Waals surface area contributed by atoms with E-state index in [1.165, 1.54) is 11.3 Å². The van der Waals surface area contributed by atoms with Gasteiger partial charge >= 0.3 is 0 Å². The normalized spacial score (nSPS) is 17.0. The van der Waals surface area contributed by atoms with Crippen LogP contribution in [0.3, 0.4) is 0 Å². The predicted octanol–water partition coefficient (Wildman–Crippen LogP) is 3.72. The van der Waals surface area contributed by atoms with Crippen molar-refractivity contribution >= 4 is 38.5 Å². The van der Waals surface area contributed by atoms with Crippen LogP contribution >= 0.6 is 11.3 Å². The number of amides is 2. The van der Waals surface area contributed by atoms with Crippen LogP contribution in [-0.2, 0) is 16.0 Å². The van der Waals surface area contributed by atoms with Gasteiger partial charge in [-0.05, 0) is 30.5 Å². The molecule has 2 aromatic carbocycles. The summed E-state index contributed by atoms with van der Waals surface area (Å²) in [4.78, 5) is 31.6. The van der Waals surface area contributed by atoms with E-state index in [2.05, 4.69) is 10.3 Å². The average molecular weight is 379 g/mol. The highest BCUT2D eigenvalue weighted by Crippen LogP contribution is 2.27. The molecule has 3 aromatic rings. The van der Waals surface area contributed by atoms with Gasteiger partial charge in [0.15, 0.2) is 5.13 Å². The summed E-state index contributed by atoms with van der Waals surface area (Å²) in [5, 5.41) is 3.56. The van der Waals surface area contributed by atoms with Crippen molar-refractivity contribution in [3.05, 3.63) is 60.2 Å². The van der Waals surface area contributed by atoms with Crippen molar-refractivity contribution in [2.24, 2.45) is 5.92 Å². The molecule has 0 saturated carbocycles. The van der Waals surface area contributed by atoms with Crippen LogP contribution in [-0.4, -0.2) is 34.8 Å². The minimum atomic E-state index is -0.189. The van der Waals surface area contributed by atoms with Gasteiger partial charge < -0.3 is 10.2 Å². The van der Waals surface area contributed by atoms with Gasteiger partial charge in [0.1, 0.15) is 0 Å². The number of nitrogens with one attached hydrogen (secondary N) is 1. The minimum absolute atomic E-state index is 0.0498. The largest absolute Gasteiger partial charge is 0.342 e. The van der Waals surface area contributed by atoms with E-state index in [4.69, 9.17) is 0 Å². The van der Waals surface area contributed by atoms with Gasteiger partial charge in [0.25, 0.3) is 0 Å². The summed E-state index contributed by atoms with van der Waals surface area (Å²) in [6.45, 7) is 1.19. The highest BCUT2D eigenvalue weighted by molar-refractivity contribution is 7.22. The molecule has 2 heterocycles. The van der Waals surface area contributed by atoms with Crippen molar-refractivity contribution < 1.29 is 9.59 Å². The molecule has 1 aliphatic rings. The molecule has 1 aromatic heterocycles. The number of carbonyl (C=O) groups excluding carboxylic acids is 2. The fourth-order valence-electron chi connectivity index (χ4n) is 3.43. The Morgan fingerprint density at radius 3 is 2.70 bits per heavy atom. The van der Waals surface area contributed by atoms with E-state index in [0.29, 0.717) is 18.1 Å². The first-order valence-corrected chi connectivity index (χ1v) is 9.99. The van der Waals surface area contributed by atoms with Crippen LogP contribution < -0.4 is 5.32 Å². The molecule has 1 unspecified atom stereocenters. The molecule has 0 aliphatic carbocycles. The molecule has 27 heavy (non-hydrogen) atoms. The first kappa shape index (κ1) is 17.7. The number of carbonyl (C=O) groups is 2. The number of para-hydroxylation sites is 1. The number of rotatable bonds is 4. The lowest BCUT2D eigenvalue weighted by atomic mass is 9.96. The lowest BCUT2D eigenvalue weighted by molar-refractivity contribution is -0.133. The molecule has 1 N–H and O–H groups in total. The Morgan fingerprint density at radius 2 is 1.89 bits per heavy atom. The van der Waals surface area contributed by atoms with Gasteiger partial charge in [-0.15, -0.1) is 0 Å². The van der Waals surface area contributed by atoms with Crippen LogP contribution in [0.2, 0.25) is 0 Å². The SMILES string of the molecule is O=C(Nc1nc2ccccc2s1)C1CCCN(C(=O)Cc2ccccc2)C1. The Morgan fingerprint density at radius 1 is 1.11 bits per heavy atom. The van der Waals surface area contributed by atoms with Crippen molar-refractivity contribution in [2.45, 2.75) is 19.3 Å². The number of benzene rings is 2. The van der Waals surface area contributed by atoms with E-state index in [1.807, 2.05) is 59.5 Å². The van der Waals surface area contributed by atoms with Crippen LogP contribution in [0.4, 0.5) is 5.13 Å². The number of hydrogen-bond donors (Lipinski definition) is 1. The van der Waals surface area contributed by atoms with Gasteiger partial charge in [-0.3, -0.25) is 9.59 Å². The van der Waals surface area contributed by atoms with Crippen molar-refractivity contribution in [1.82, 2.24) is 9.88 Å². The third kappa shape index (κ3) is 4.17. The fraction of sp³-hybridized carbons (Fsp3) is 0.286. The minimum Gasteiger partial charge on any atom is -0.342 e. The summed E-state index contributed by atoms with van der Waals surface area (Å²) in [6.07, 6.45) is 2.03. The van der Waals surface area contributed by atoms with Crippen LogP contribution in [0.15, 0.2) is 54.6 Å². The smallest absolute Gasteiger partial charge is 0.231 e. The molecule has 6 heteroatoms. The maximum Gasteiger partial charge on any atom is 0.231 e. The molecule has 5 nitrogen and oxygen atoms in total. The first-order chi connectivity index (χ1) is 13.2. The summed E-state index contributed by atoms with van der Waals surface area (Å²) >= 11 is 1.47. The van der Waals surface area contributed by atoms with Crippen molar-refractivity contribution in [1.29, 1.82) is 0 Å². The van der Waals surface area contributed by atoms with Crippen molar-refractivity contribution in [3.63, 3.8) is 0 Å². The van der Waals surface area contributed by atoms with Crippen LogP contribution in [0.1, 0.15) is 18.4 Å². The maximum absolute atomic E-state index is 12.7. The van der Waals surface area contributed by atoms with Crippen molar-refractivity contribution in [2.75, 3.05) is 18.4 Å². The second-order valence-corrected chi connectivity index (χ2v) is 7.85. The highest BCUT2D eigenvalue weighted by Gasteiger charge is 2.28. The standard InChI is InChI=1S/C21H21N3O2S/c25-19(13-15-7-2-1-3-8-15)24-12-6-9-16(14-24)20(26)23-21-22-17-10-4-5-11-18(17)27-21/h1-5,7-8,10-11,16H,6,9,12-14H2,(H,22,23,26). The second kappa shape index (κ2) is 7.88. The quantitative estimate of drug-likeness (QED) is 0.752. The number of likely N-dealkylation sites (tertiary alicyclic amines) is 1. The maximum atomic E-state index is 12.7. The van der Waals surface area contributed by atoms with E-state index in [0.717, 1.165) is 35.2 Å². The molecule has 2 amide bonds. The molecular weight excluding hydrogens is 358 g/mol. The molecule has 1 aliphatic heterocycles. The van der Waals surface area contributed by atoms with Crippen LogP contribution in [0.5, 0.6) is 0 Å². The van der Waals surface area contributed by atoms with E-state index in [1.54, 1.807) is 0 Å². The molecule has 138 valence electrons. The molecule has 0 radical (unpaired) electrons. The number of fused-ring (bicyclic) bond motifs is 1. The van der Waals surface area contributed by atoms with E-state index < -0.39 is 0 Å². The summed E-state index contributed by atoms with van der Waals surface area (Å²) in [5.74, 6) is -0.157. The molecule has 0 bridgehead atoms. The van der Waals surface area contributed by atoms with Gasteiger partial charge in [-0.25, -0.2) is 4.98 Å².